The molecule has 0 unspecified atom stereocenters. The molecule has 0 aliphatic heterocycles. The summed E-state index contributed by atoms with van der Waals surface area (Å²) in [5.41, 5.74) is 6.34. The molecule has 17 heavy (non-hydrogen) atoms. The first-order chi connectivity index (χ1) is 8.19. The first kappa shape index (κ1) is 11.9. The first-order valence-corrected chi connectivity index (χ1v) is 5.49. The maximum Gasteiger partial charge on any atom is 0.130 e. The predicted molar refractivity (Wildman–Crippen MR) is 65.8 cm³/mol. The molecule has 0 aliphatic rings. The summed E-state index contributed by atoms with van der Waals surface area (Å²) in [5.74, 6) is 0.645. The van der Waals surface area contributed by atoms with Crippen molar-refractivity contribution in [2.24, 2.45) is 5.73 Å². The average molecular weight is 252 g/mol. The van der Waals surface area contributed by atoms with Crippen molar-refractivity contribution >= 4 is 11.6 Å². The number of rotatable bonds is 3. The monoisotopic (exact) mass is 251 g/mol. The van der Waals surface area contributed by atoms with Crippen molar-refractivity contribution in [3.63, 3.8) is 0 Å². The molecule has 0 spiro atoms. The molecule has 0 radical (unpaired) electrons. The summed E-state index contributed by atoms with van der Waals surface area (Å²) in [7, 11) is 0. The molecule has 4 heteroatoms. The number of benzene rings is 2. The van der Waals surface area contributed by atoms with Crippen LogP contribution in [0.15, 0.2) is 42.5 Å². The van der Waals surface area contributed by atoms with E-state index in [0.717, 1.165) is 5.56 Å². The molecule has 2 nitrogen and oxygen atoms in total. The molecular formula is C13H11ClFNO. The highest BCUT2D eigenvalue weighted by atomic mass is 35.5. The molecule has 0 saturated heterocycles. The van der Waals surface area contributed by atoms with E-state index in [2.05, 4.69) is 0 Å². The summed E-state index contributed by atoms with van der Waals surface area (Å²) in [5, 5.41) is 0.543. The lowest BCUT2D eigenvalue weighted by atomic mass is 10.2. The number of nitrogens with two attached hydrogens (primary N) is 1. The fraction of sp³-hybridized carbons (Fsp3) is 0.0769. The first-order valence-electron chi connectivity index (χ1n) is 5.11. The van der Waals surface area contributed by atoms with E-state index in [1.165, 1.54) is 12.1 Å². The minimum Gasteiger partial charge on any atom is -0.457 e. The summed E-state index contributed by atoms with van der Waals surface area (Å²) in [6.45, 7) is 0.374. The molecule has 0 saturated carbocycles. The van der Waals surface area contributed by atoms with Crippen LogP contribution in [0.1, 0.15) is 5.56 Å². The summed E-state index contributed by atoms with van der Waals surface area (Å²) >= 11 is 5.99. The zero-order chi connectivity index (χ0) is 12.3. The summed E-state index contributed by atoms with van der Waals surface area (Å²) in [6, 6.07) is 11.1. The van der Waals surface area contributed by atoms with E-state index in [0.29, 0.717) is 23.1 Å². The van der Waals surface area contributed by atoms with Gasteiger partial charge in [-0.05, 0) is 29.8 Å². The number of hydrogen-bond acceptors (Lipinski definition) is 2. The number of hydrogen-bond donors (Lipinski definition) is 1. The highest BCUT2D eigenvalue weighted by Gasteiger charge is 2.03. The van der Waals surface area contributed by atoms with Crippen molar-refractivity contribution in [2.75, 3.05) is 0 Å². The molecule has 2 aromatic rings. The fourth-order valence-corrected chi connectivity index (χ4v) is 1.67. The van der Waals surface area contributed by atoms with Gasteiger partial charge in [-0.1, -0.05) is 23.7 Å². The van der Waals surface area contributed by atoms with E-state index in [4.69, 9.17) is 22.1 Å². The molecule has 0 heterocycles. The molecule has 0 fully saturated rings. The van der Waals surface area contributed by atoms with Crippen LogP contribution in [0.4, 0.5) is 4.39 Å². The van der Waals surface area contributed by atoms with Crippen LogP contribution in [0, 0.1) is 5.82 Å². The normalized spacial score (nSPS) is 10.3. The second kappa shape index (κ2) is 5.17. The van der Waals surface area contributed by atoms with E-state index in [1.54, 1.807) is 30.3 Å². The minimum atomic E-state index is -0.341. The average Bonchev–Trinajstić information content (AvgIpc) is 2.29. The van der Waals surface area contributed by atoms with Crippen LogP contribution in [0.5, 0.6) is 11.5 Å². The summed E-state index contributed by atoms with van der Waals surface area (Å²) in [4.78, 5) is 0. The van der Waals surface area contributed by atoms with Crippen LogP contribution in [0.25, 0.3) is 0 Å². The molecule has 0 aliphatic carbocycles. The van der Waals surface area contributed by atoms with Gasteiger partial charge in [0.15, 0.2) is 0 Å². The van der Waals surface area contributed by atoms with E-state index in [-0.39, 0.29) is 5.82 Å². The van der Waals surface area contributed by atoms with Gasteiger partial charge in [-0.3, -0.25) is 0 Å². The van der Waals surface area contributed by atoms with Crippen molar-refractivity contribution in [3.05, 3.63) is 58.9 Å². The van der Waals surface area contributed by atoms with E-state index < -0.39 is 0 Å². The van der Waals surface area contributed by atoms with Crippen molar-refractivity contribution in [2.45, 2.75) is 6.54 Å². The van der Waals surface area contributed by atoms with E-state index in [1.807, 2.05) is 0 Å². The quantitative estimate of drug-likeness (QED) is 0.902. The predicted octanol–water partition coefficient (Wildman–Crippen LogP) is 3.73. The zero-order valence-corrected chi connectivity index (χ0v) is 9.75. The third kappa shape index (κ3) is 2.96. The molecule has 0 atom stereocenters. The van der Waals surface area contributed by atoms with Crippen LogP contribution in [0.3, 0.4) is 0 Å². The van der Waals surface area contributed by atoms with Gasteiger partial charge in [-0.2, -0.15) is 0 Å². The maximum absolute atomic E-state index is 12.9. The van der Waals surface area contributed by atoms with Gasteiger partial charge in [0.2, 0.25) is 0 Å². The van der Waals surface area contributed by atoms with Gasteiger partial charge in [0.05, 0.1) is 0 Å². The van der Waals surface area contributed by atoms with Gasteiger partial charge in [0.1, 0.15) is 17.3 Å². The maximum atomic E-state index is 12.9. The lowest BCUT2D eigenvalue weighted by molar-refractivity contribution is 0.476. The number of ether oxygens (including phenoxy) is 1. The van der Waals surface area contributed by atoms with E-state index in [9.17, 15) is 4.39 Å². The lowest BCUT2D eigenvalue weighted by Gasteiger charge is -2.07. The molecule has 2 rings (SSSR count). The molecule has 88 valence electrons. The second-order valence-electron chi connectivity index (χ2n) is 3.52. The van der Waals surface area contributed by atoms with Crippen molar-refractivity contribution in [3.8, 4) is 11.5 Å². The lowest BCUT2D eigenvalue weighted by Crippen LogP contribution is -1.97. The highest BCUT2D eigenvalue weighted by molar-refractivity contribution is 6.31. The van der Waals surface area contributed by atoms with Gasteiger partial charge in [-0.15, -0.1) is 0 Å². The Hall–Kier alpha value is -1.58. The SMILES string of the molecule is NCc1ccc(Oc2cccc(F)c2)cc1Cl. The van der Waals surface area contributed by atoms with Crippen molar-refractivity contribution < 1.29 is 9.13 Å². The Morgan fingerprint density at radius 2 is 1.88 bits per heavy atom. The Kier molecular flexibility index (Phi) is 3.61. The Morgan fingerprint density at radius 3 is 2.53 bits per heavy atom. The standard InChI is InChI=1S/C13H11ClFNO/c14-13-7-12(5-4-9(13)8-16)17-11-3-1-2-10(15)6-11/h1-7H,8,16H2. The van der Waals surface area contributed by atoms with Crippen molar-refractivity contribution in [1.29, 1.82) is 0 Å². The van der Waals surface area contributed by atoms with Crippen LogP contribution in [-0.4, -0.2) is 0 Å². The van der Waals surface area contributed by atoms with Gasteiger partial charge in [-0.25, -0.2) is 4.39 Å². The molecule has 0 bridgehead atoms. The van der Waals surface area contributed by atoms with Crippen LogP contribution < -0.4 is 10.5 Å². The van der Waals surface area contributed by atoms with Crippen molar-refractivity contribution in [1.82, 2.24) is 0 Å². The largest absolute Gasteiger partial charge is 0.457 e. The van der Waals surface area contributed by atoms with Gasteiger partial charge >= 0.3 is 0 Å². The Labute approximate surface area is 104 Å². The third-order valence-electron chi connectivity index (χ3n) is 2.28. The number of halogens is 2. The van der Waals surface area contributed by atoms with Gasteiger partial charge in [0, 0.05) is 17.6 Å². The van der Waals surface area contributed by atoms with E-state index >= 15 is 0 Å². The molecule has 2 aromatic carbocycles. The third-order valence-corrected chi connectivity index (χ3v) is 2.63. The summed E-state index contributed by atoms with van der Waals surface area (Å²) < 4.78 is 18.4. The smallest absolute Gasteiger partial charge is 0.130 e. The summed E-state index contributed by atoms with van der Waals surface area (Å²) in [6.07, 6.45) is 0. The zero-order valence-electron chi connectivity index (χ0n) is 8.99. The Balaban J connectivity index is 2.22. The Morgan fingerprint density at radius 1 is 1.12 bits per heavy atom. The molecular weight excluding hydrogens is 241 g/mol. The minimum absolute atomic E-state index is 0.341. The molecule has 0 amide bonds. The van der Waals surface area contributed by atoms with Crippen LogP contribution in [-0.2, 0) is 6.54 Å². The molecule has 2 N–H and O–H groups in total. The topological polar surface area (TPSA) is 35.2 Å². The van der Waals surface area contributed by atoms with Gasteiger partial charge < -0.3 is 10.5 Å². The molecule has 0 aromatic heterocycles. The Bertz CT molecular complexity index is 531. The van der Waals surface area contributed by atoms with Crippen LogP contribution in [0.2, 0.25) is 5.02 Å². The second-order valence-corrected chi connectivity index (χ2v) is 3.92. The fourth-order valence-electron chi connectivity index (χ4n) is 1.42. The van der Waals surface area contributed by atoms with Gasteiger partial charge in [0.25, 0.3) is 0 Å². The van der Waals surface area contributed by atoms with Crippen LogP contribution >= 0.6 is 11.6 Å². The highest BCUT2D eigenvalue weighted by Crippen LogP contribution is 2.26.